The van der Waals surface area contributed by atoms with Gasteiger partial charge in [0.15, 0.2) is 0 Å². The molecule has 2 N–H and O–H groups in total. The van der Waals surface area contributed by atoms with Crippen LogP contribution >= 0.6 is 11.8 Å². The second kappa shape index (κ2) is 9.24. The predicted octanol–water partition coefficient (Wildman–Crippen LogP) is 3.30. The number of benzene rings is 2. The van der Waals surface area contributed by atoms with Gasteiger partial charge in [-0.25, -0.2) is 17.9 Å². The highest BCUT2D eigenvalue weighted by Crippen LogP contribution is 2.28. The number of aromatic nitrogens is 2. The number of rotatable bonds is 6. The molecule has 34 heavy (non-hydrogen) atoms. The third-order valence-corrected chi connectivity index (χ3v) is 8.72. The average molecular weight is 503 g/mol. The van der Waals surface area contributed by atoms with Gasteiger partial charge in [-0.3, -0.25) is 13.9 Å². The molecule has 10 heteroatoms. The van der Waals surface area contributed by atoms with Crippen LogP contribution < -0.4 is 15.7 Å². The van der Waals surface area contributed by atoms with Gasteiger partial charge < -0.3 is 5.32 Å². The molecule has 0 atom stereocenters. The topological polar surface area (TPSA) is 102 Å². The van der Waals surface area contributed by atoms with Crippen LogP contribution in [0.25, 0.3) is 16.7 Å². The highest BCUT2D eigenvalue weighted by Gasteiger charge is 2.29. The minimum atomic E-state index is -3.67. The number of carbonyl (C=O) groups excluding carboxylic acids is 1. The molecule has 2 aromatic carbocycles. The van der Waals surface area contributed by atoms with E-state index in [9.17, 15) is 18.0 Å². The van der Waals surface area contributed by atoms with E-state index in [1.54, 1.807) is 34.9 Å². The molecule has 1 aliphatic heterocycles. The van der Waals surface area contributed by atoms with Crippen LogP contribution in [-0.4, -0.2) is 47.6 Å². The lowest BCUT2D eigenvalue weighted by molar-refractivity contribution is 0.0901. The van der Waals surface area contributed by atoms with Gasteiger partial charge in [-0.1, -0.05) is 6.07 Å². The number of amides is 1. The molecule has 4 rings (SSSR count). The van der Waals surface area contributed by atoms with Crippen molar-refractivity contribution in [3.8, 4) is 5.69 Å². The fraction of sp³-hybridized carbons (Fsp3) is 0.417. The summed E-state index contributed by atoms with van der Waals surface area (Å²) in [7, 11) is -2.32. The Labute approximate surface area is 203 Å². The number of sulfonamides is 1. The summed E-state index contributed by atoms with van der Waals surface area (Å²) >= 11 is 1.90. The van der Waals surface area contributed by atoms with Crippen molar-refractivity contribution in [2.75, 3.05) is 18.6 Å². The summed E-state index contributed by atoms with van der Waals surface area (Å²) in [6.07, 6.45) is 1.84. The van der Waals surface area contributed by atoms with Crippen LogP contribution in [0.5, 0.6) is 0 Å². The lowest BCUT2D eigenvalue weighted by atomic mass is 9.94. The summed E-state index contributed by atoms with van der Waals surface area (Å²) in [5, 5.41) is 3.19. The predicted molar refractivity (Wildman–Crippen MR) is 137 cm³/mol. The number of fused-ring (bicyclic) bond motifs is 1. The van der Waals surface area contributed by atoms with Crippen LogP contribution in [0, 0.1) is 0 Å². The number of imidazole rings is 1. The molecule has 1 amide bonds. The number of nitrogens with zero attached hydrogens (tertiary/aromatic N) is 2. The lowest BCUT2D eigenvalue weighted by Crippen LogP contribution is -2.48. The molecule has 0 aliphatic carbocycles. The number of thioether (sulfide) groups is 1. The van der Waals surface area contributed by atoms with Crippen molar-refractivity contribution < 1.29 is 13.2 Å². The van der Waals surface area contributed by atoms with Crippen LogP contribution in [-0.2, 0) is 10.0 Å². The molecule has 0 saturated carbocycles. The number of nitrogens with one attached hydrogen (secondary N) is 2. The van der Waals surface area contributed by atoms with E-state index in [-0.39, 0.29) is 28.1 Å². The normalized spacial score (nSPS) is 16.1. The van der Waals surface area contributed by atoms with Gasteiger partial charge in [0.2, 0.25) is 10.0 Å². The molecule has 2 heterocycles. The molecular formula is C24H30N4O4S2. The Bertz CT molecular complexity index is 1400. The van der Waals surface area contributed by atoms with Crippen molar-refractivity contribution >= 4 is 38.7 Å². The second-order valence-corrected chi connectivity index (χ2v) is 12.2. The Morgan fingerprint density at radius 3 is 2.44 bits per heavy atom. The van der Waals surface area contributed by atoms with E-state index >= 15 is 0 Å². The van der Waals surface area contributed by atoms with Gasteiger partial charge in [-0.2, -0.15) is 11.8 Å². The molecule has 0 unspecified atom stereocenters. The van der Waals surface area contributed by atoms with E-state index in [0.717, 1.165) is 24.3 Å². The highest BCUT2D eigenvalue weighted by molar-refractivity contribution is 7.99. The van der Waals surface area contributed by atoms with Gasteiger partial charge >= 0.3 is 5.69 Å². The summed E-state index contributed by atoms with van der Waals surface area (Å²) in [5.74, 6) is 1.89. The molecule has 182 valence electrons. The van der Waals surface area contributed by atoms with E-state index in [4.69, 9.17) is 0 Å². The second-order valence-electron chi connectivity index (χ2n) is 9.12. The van der Waals surface area contributed by atoms with E-state index < -0.39 is 10.0 Å². The van der Waals surface area contributed by atoms with Gasteiger partial charge in [-0.05, 0) is 88.6 Å². The maximum Gasteiger partial charge on any atom is 0.333 e. The molecule has 0 radical (unpaired) electrons. The fourth-order valence-electron chi connectivity index (χ4n) is 4.31. The first-order valence-corrected chi connectivity index (χ1v) is 13.9. The number of hydrogen-bond donors (Lipinski definition) is 2. The molecule has 0 spiro atoms. The van der Waals surface area contributed by atoms with Crippen molar-refractivity contribution in [2.24, 2.45) is 0 Å². The first-order chi connectivity index (χ1) is 16.1. The Hall–Kier alpha value is -2.56. The van der Waals surface area contributed by atoms with E-state index in [0.29, 0.717) is 22.3 Å². The van der Waals surface area contributed by atoms with Gasteiger partial charge in [0.05, 0.1) is 21.6 Å². The standard InChI is InChI=1S/C24H30N4O4S2/c1-16(2)27-21-14-17(22(29)26-24(3)10-12-33-13-11-24)8-9-20(21)28(23(27)30)18-6-5-7-19(15-18)34(31,32)25-4/h5-9,14-16,25H,10-13H2,1-4H3,(H,26,29). The van der Waals surface area contributed by atoms with Crippen molar-refractivity contribution in [2.45, 2.75) is 50.1 Å². The first-order valence-electron chi connectivity index (χ1n) is 11.3. The minimum absolute atomic E-state index is 0.0692. The van der Waals surface area contributed by atoms with Gasteiger partial charge in [0, 0.05) is 17.1 Å². The third-order valence-electron chi connectivity index (χ3n) is 6.32. The monoisotopic (exact) mass is 502 g/mol. The van der Waals surface area contributed by atoms with Crippen molar-refractivity contribution in [1.29, 1.82) is 0 Å². The van der Waals surface area contributed by atoms with Crippen LogP contribution in [0.1, 0.15) is 50.0 Å². The zero-order valence-electron chi connectivity index (χ0n) is 19.8. The summed E-state index contributed by atoms with van der Waals surface area (Å²) in [6.45, 7) is 5.89. The molecule has 1 aromatic heterocycles. The maximum atomic E-state index is 13.5. The zero-order chi connectivity index (χ0) is 24.7. The molecular weight excluding hydrogens is 472 g/mol. The van der Waals surface area contributed by atoms with Crippen molar-refractivity contribution in [3.63, 3.8) is 0 Å². The minimum Gasteiger partial charge on any atom is -0.347 e. The van der Waals surface area contributed by atoms with Gasteiger partial charge in [0.1, 0.15) is 0 Å². The molecule has 1 fully saturated rings. The first kappa shape index (κ1) is 24.6. The molecule has 3 aromatic rings. The van der Waals surface area contributed by atoms with E-state index in [1.807, 2.05) is 25.6 Å². The summed E-state index contributed by atoms with van der Waals surface area (Å²) in [4.78, 5) is 26.6. The Kier molecular flexibility index (Phi) is 6.67. The molecule has 1 aliphatic rings. The molecule has 0 bridgehead atoms. The Balaban J connectivity index is 1.82. The molecule has 1 saturated heterocycles. The Morgan fingerprint density at radius 2 is 1.79 bits per heavy atom. The highest BCUT2D eigenvalue weighted by atomic mass is 32.2. The zero-order valence-corrected chi connectivity index (χ0v) is 21.4. The average Bonchev–Trinajstić information content (AvgIpc) is 3.10. The van der Waals surface area contributed by atoms with Crippen LogP contribution in [0.3, 0.4) is 0 Å². The fourth-order valence-corrected chi connectivity index (χ4v) is 6.47. The molecule has 8 nitrogen and oxygen atoms in total. The third kappa shape index (κ3) is 4.54. The van der Waals surface area contributed by atoms with Crippen LogP contribution in [0.15, 0.2) is 52.2 Å². The summed E-state index contributed by atoms with van der Waals surface area (Å²) < 4.78 is 30.0. The van der Waals surface area contributed by atoms with Crippen molar-refractivity contribution in [1.82, 2.24) is 19.2 Å². The van der Waals surface area contributed by atoms with Crippen LogP contribution in [0.4, 0.5) is 0 Å². The summed E-state index contributed by atoms with van der Waals surface area (Å²) in [5.41, 5.74) is 1.63. The SMILES string of the molecule is CNS(=O)(=O)c1cccc(-n2c(=O)n(C(C)C)c3cc(C(=O)NC4(C)CCSCC4)ccc32)c1. The maximum absolute atomic E-state index is 13.5. The number of carbonyl (C=O) groups is 1. The lowest BCUT2D eigenvalue weighted by Gasteiger charge is -2.34. The summed E-state index contributed by atoms with van der Waals surface area (Å²) in [6, 6.07) is 11.3. The number of hydrogen-bond acceptors (Lipinski definition) is 5. The van der Waals surface area contributed by atoms with Gasteiger partial charge in [0.25, 0.3) is 5.91 Å². The largest absolute Gasteiger partial charge is 0.347 e. The quantitative estimate of drug-likeness (QED) is 0.539. The Morgan fingerprint density at radius 1 is 1.09 bits per heavy atom. The van der Waals surface area contributed by atoms with Crippen LogP contribution in [0.2, 0.25) is 0 Å². The van der Waals surface area contributed by atoms with Crippen molar-refractivity contribution in [3.05, 3.63) is 58.5 Å². The van der Waals surface area contributed by atoms with E-state index in [1.165, 1.54) is 23.7 Å². The van der Waals surface area contributed by atoms with E-state index in [2.05, 4.69) is 17.0 Å². The van der Waals surface area contributed by atoms with Gasteiger partial charge in [-0.15, -0.1) is 0 Å². The smallest absolute Gasteiger partial charge is 0.333 e.